The van der Waals surface area contributed by atoms with Gasteiger partial charge in [0.1, 0.15) is 15.1 Å². The van der Waals surface area contributed by atoms with E-state index >= 15 is 0 Å². The van der Waals surface area contributed by atoms with Crippen molar-refractivity contribution in [3.63, 3.8) is 0 Å². The Hall–Kier alpha value is -0.950. The molecule has 0 saturated heterocycles. The Balaban J connectivity index is 2.44. The van der Waals surface area contributed by atoms with E-state index in [0.29, 0.717) is 18.7 Å². The van der Waals surface area contributed by atoms with Crippen LogP contribution in [-0.4, -0.2) is 29.0 Å². The van der Waals surface area contributed by atoms with Crippen LogP contribution in [0.15, 0.2) is 3.79 Å². The number of alkyl carbamates (subject to hydrolysis) is 1. The van der Waals surface area contributed by atoms with Gasteiger partial charge < -0.3 is 10.1 Å². The first kappa shape index (κ1) is 16.1. The van der Waals surface area contributed by atoms with Gasteiger partial charge in [0.15, 0.2) is 5.78 Å². The quantitative estimate of drug-likeness (QED) is 0.848. The van der Waals surface area contributed by atoms with Crippen molar-refractivity contribution in [1.29, 1.82) is 0 Å². The lowest BCUT2D eigenvalue weighted by Gasteiger charge is -2.19. The molecule has 19 heavy (non-hydrogen) atoms. The van der Waals surface area contributed by atoms with E-state index in [1.54, 1.807) is 0 Å². The number of rotatable bonds is 4. The predicted molar refractivity (Wildman–Crippen MR) is 77.8 cm³/mol. The standard InChI is InChI=1S/C12H17BrN2O3S/c1-7(16)9-10(13)19-8(15-9)5-6-14-11(17)18-12(2,3)4/h5-6H2,1-4H3,(H,14,17). The highest BCUT2D eigenvalue weighted by atomic mass is 79.9. The molecule has 0 radical (unpaired) electrons. The van der Waals surface area contributed by atoms with Crippen molar-refractivity contribution in [3.8, 4) is 0 Å². The average molecular weight is 349 g/mol. The maximum Gasteiger partial charge on any atom is 0.407 e. The molecule has 106 valence electrons. The van der Waals surface area contributed by atoms with Gasteiger partial charge in [-0.05, 0) is 36.7 Å². The number of hydrogen-bond acceptors (Lipinski definition) is 5. The number of carbonyl (C=O) groups excluding carboxylic acids is 2. The molecule has 0 fully saturated rings. The van der Waals surface area contributed by atoms with Crippen LogP contribution in [-0.2, 0) is 11.2 Å². The van der Waals surface area contributed by atoms with Gasteiger partial charge >= 0.3 is 6.09 Å². The molecule has 1 heterocycles. The van der Waals surface area contributed by atoms with E-state index in [9.17, 15) is 9.59 Å². The monoisotopic (exact) mass is 348 g/mol. The molecular weight excluding hydrogens is 332 g/mol. The summed E-state index contributed by atoms with van der Waals surface area (Å²) >= 11 is 4.70. The highest BCUT2D eigenvalue weighted by molar-refractivity contribution is 9.11. The summed E-state index contributed by atoms with van der Waals surface area (Å²) in [4.78, 5) is 26.9. The smallest absolute Gasteiger partial charge is 0.407 e. The zero-order chi connectivity index (χ0) is 14.6. The van der Waals surface area contributed by atoms with E-state index in [4.69, 9.17) is 4.74 Å². The van der Waals surface area contributed by atoms with Crippen LogP contribution < -0.4 is 5.32 Å². The van der Waals surface area contributed by atoms with Gasteiger partial charge in [-0.25, -0.2) is 9.78 Å². The summed E-state index contributed by atoms with van der Waals surface area (Å²) < 4.78 is 5.84. The fraction of sp³-hybridized carbons (Fsp3) is 0.583. The minimum absolute atomic E-state index is 0.0746. The van der Waals surface area contributed by atoms with Gasteiger partial charge in [-0.3, -0.25) is 4.79 Å². The molecule has 0 saturated carbocycles. The number of Topliss-reactive ketones (excluding diaryl/α,β-unsaturated/α-hetero) is 1. The number of thiazole rings is 1. The number of nitrogens with one attached hydrogen (secondary N) is 1. The lowest BCUT2D eigenvalue weighted by Crippen LogP contribution is -2.33. The van der Waals surface area contributed by atoms with Crippen molar-refractivity contribution < 1.29 is 14.3 Å². The summed E-state index contributed by atoms with van der Waals surface area (Å²) in [5.41, 5.74) is -0.0620. The second kappa shape index (κ2) is 6.47. The van der Waals surface area contributed by atoms with Gasteiger partial charge in [0.2, 0.25) is 0 Å². The zero-order valence-electron chi connectivity index (χ0n) is 11.4. The summed E-state index contributed by atoms with van der Waals surface area (Å²) in [6.07, 6.45) is 0.116. The van der Waals surface area contributed by atoms with Crippen molar-refractivity contribution >= 4 is 39.1 Å². The topological polar surface area (TPSA) is 68.3 Å². The number of ether oxygens (including phenoxy) is 1. The largest absolute Gasteiger partial charge is 0.444 e. The van der Waals surface area contributed by atoms with E-state index in [-0.39, 0.29) is 5.78 Å². The molecule has 0 bridgehead atoms. The van der Waals surface area contributed by atoms with Crippen molar-refractivity contribution in [3.05, 3.63) is 14.5 Å². The Morgan fingerprint density at radius 3 is 2.53 bits per heavy atom. The van der Waals surface area contributed by atoms with Gasteiger partial charge in [-0.15, -0.1) is 11.3 Å². The second-order valence-corrected chi connectivity index (χ2v) is 7.37. The summed E-state index contributed by atoms with van der Waals surface area (Å²) in [6.45, 7) is 7.33. The summed E-state index contributed by atoms with van der Waals surface area (Å²) in [7, 11) is 0. The fourth-order valence-corrected chi connectivity index (χ4v) is 3.02. The van der Waals surface area contributed by atoms with Crippen molar-refractivity contribution in [1.82, 2.24) is 10.3 Å². The molecule has 0 aromatic carbocycles. The molecule has 1 aromatic rings. The lowest BCUT2D eigenvalue weighted by molar-refractivity contribution is 0.0528. The minimum atomic E-state index is -0.504. The highest BCUT2D eigenvalue weighted by Gasteiger charge is 2.16. The molecule has 0 spiro atoms. The van der Waals surface area contributed by atoms with Crippen molar-refractivity contribution in [2.45, 2.75) is 39.7 Å². The van der Waals surface area contributed by atoms with Gasteiger partial charge in [0.25, 0.3) is 0 Å². The SMILES string of the molecule is CC(=O)c1nc(CCNC(=O)OC(C)(C)C)sc1Br. The van der Waals surface area contributed by atoms with E-state index in [0.717, 1.165) is 8.79 Å². The summed E-state index contributed by atoms with van der Waals surface area (Å²) in [5, 5.41) is 3.45. The van der Waals surface area contributed by atoms with E-state index in [2.05, 4.69) is 26.2 Å². The highest BCUT2D eigenvalue weighted by Crippen LogP contribution is 2.25. The minimum Gasteiger partial charge on any atom is -0.444 e. The fourth-order valence-electron chi connectivity index (χ4n) is 1.25. The lowest BCUT2D eigenvalue weighted by atomic mass is 10.2. The average Bonchev–Trinajstić information content (AvgIpc) is 2.57. The summed E-state index contributed by atoms with van der Waals surface area (Å²) in [6, 6.07) is 0. The van der Waals surface area contributed by atoms with Crippen molar-refractivity contribution in [2.75, 3.05) is 6.54 Å². The molecule has 1 rings (SSSR count). The molecule has 0 aliphatic carbocycles. The second-order valence-electron chi connectivity index (χ2n) is 4.96. The molecule has 0 aliphatic heterocycles. The molecule has 0 atom stereocenters. The molecule has 5 nitrogen and oxygen atoms in total. The first-order valence-electron chi connectivity index (χ1n) is 5.82. The number of aromatic nitrogens is 1. The molecule has 1 N–H and O–H groups in total. The summed E-state index contributed by atoms with van der Waals surface area (Å²) in [5.74, 6) is -0.0746. The van der Waals surface area contributed by atoms with Crippen LogP contribution in [0.4, 0.5) is 4.79 Å². The number of nitrogens with zero attached hydrogens (tertiary/aromatic N) is 1. The molecule has 0 unspecified atom stereocenters. The maximum absolute atomic E-state index is 11.4. The maximum atomic E-state index is 11.4. The third-order valence-electron chi connectivity index (χ3n) is 1.97. The number of halogens is 1. The first-order chi connectivity index (χ1) is 8.69. The Morgan fingerprint density at radius 1 is 1.42 bits per heavy atom. The van der Waals surface area contributed by atoms with E-state index in [1.807, 2.05) is 20.8 Å². The molecule has 1 amide bonds. The Bertz CT molecular complexity index is 480. The number of hydrogen-bond donors (Lipinski definition) is 1. The molecule has 7 heteroatoms. The van der Waals surface area contributed by atoms with Crippen LogP contribution >= 0.6 is 27.3 Å². The van der Waals surface area contributed by atoms with Crippen molar-refractivity contribution in [2.24, 2.45) is 0 Å². The van der Waals surface area contributed by atoms with E-state index in [1.165, 1.54) is 18.3 Å². The van der Waals surface area contributed by atoms with E-state index < -0.39 is 11.7 Å². The van der Waals surface area contributed by atoms with Gasteiger partial charge in [-0.2, -0.15) is 0 Å². The Labute approximate surface area is 124 Å². The van der Waals surface area contributed by atoms with Crippen LogP contribution in [0.25, 0.3) is 0 Å². The molecular formula is C12H17BrN2O3S. The number of amides is 1. The van der Waals surface area contributed by atoms with Crippen LogP contribution in [0.5, 0.6) is 0 Å². The van der Waals surface area contributed by atoms with Crippen LogP contribution in [0, 0.1) is 0 Å². The Morgan fingerprint density at radius 2 is 2.05 bits per heavy atom. The zero-order valence-corrected chi connectivity index (χ0v) is 13.8. The van der Waals surface area contributed by atoms with Gasteiger partial charge in [0, 0.05) is 19.9 Å². The normalized spacial score (nSPS) is 11.2. The van der Waals surface area contributed by atoms with Crippen LogP contribution in [0.1, 0.15) is 43.2 Å². The van der Waals surface area contributed by atoms with Crippen LogP contribution in [0.3, 0.4) is 0 Å². The van der Waals surface area contributed by atoms with Gasteiger partial charge in [0.05, 0.1) is 5.01 Å². The molecule has 0 aliphatic rings. The Kier molecular flexibility index (Phi) is 5.49. The first-order valence-corrected chi connectivity index (χ1v) is 7.43. The van der Waals surface area contributed by atoms with Crippen LogP contribution in [0.2, 0.25) is 0 Å². The number of carbonyl (C=O) groups is 2. The van der Waals surface area contributed by atoms with Gasteiger partial charge in [-0.1, -0.05) is 0 Å². The number of ketones is 1. The third-order valence-corrected chi connectivity index (χ3v) is 3.74. The third kappa shape index (κ3) is 5.69. The molecule has 1 aromatic heterocycles. The predicted octanol–water partition coefficient (Wildman–Crippen LogP) is 3.18.